The van der Waals surface area contributed by atoms with E-state index in [2.05, 4.69) is 10.2 Å². The van der Waals surface area contributed by atoms with Gasteiger partial charge in [0.1, 0.15) is 18.0 Å². The quantitative estimate of drug-likeness (QED) is 0.753. The van der Waals surface area contributed by atoms with Crippen molar-refractivity contribution in [1.82, 2.24) is 24.6 Å². The van der Waals surface area contributed by atoms with E-state index in [0.29, 0.717) is 25.2 Å². The highest BCUT2D eigenvalue weighted by Crippen LogP contribution is 2.50. The number of hydrogen-bond acceptors (Lipinski definition) is 4. The molecule has 5 rings (SSSR count). The van der Waals surface area contributed by atoms with Gasteiger partial charge in [-0.05, 0) is 43.4 Å². The Morgan fingerprint density at radius 3 is 2.61 bits per heavy atom. The first kappa shape index (κ1) is 20.2. The summed E-state index contributed by atoms with van der Waals surface area (Å²) in [6.07, 6.45) is 5.58. The molecule has 3 aliphatic rings. The Balaban J connectivity index is 1.31. The van der Waals surface area contributed by atoms with E-state index in [9.17, 15) is 14.0 Å². The van der Waals surface area contributed by atoms with Crippen molar-refractivity contribution in [1.29, 1.82) is 0 Å². The Labute approximate surface area is 181 Å². The highest BCUT2D eigenvalue weighted by atomic mass is 19.1. The first-order chi connectivity index (χ1) is 14.9. The summed E-state index contributed by atoms with van der Waals surface area (Å²) < 4.78 is 15.4. The predicted molar refractivity (Wildman–Crippen MR) is 111 cm³/mol. The molecule has 3 heterocycles. The molecule has 1 aromatic heterocycles. The second-order valence-electron chi connectivity index (χ2n) is 9.40. The van der Waals surface area contributed by atoms with Crippen LogP contribution in [0.25, 0.3) is 0 Å². The summed E-state index contributed by atoms with van der Waals surface area (Å²) in [6, 6.07) is 6.24. The molecule has 1 atom stereocenters. The zero-order chi connectivity index (χ0) is 21.6. The van der Waals surface area contributed by atoms with Crippen LogP contribution in [0.15, 0.2) is 30.6 Å². The molecule has 2 aliphatic heterocycles. The number of carbonyl (C=O) groups is 2. The first-order valence-corrected chi connectivity index (χ1v) is 11.1. The summed E-state index contributed by atoms with van der Waals surface area (Å²) in [6.45, 7) is 2.70. The van der Waals surface area contributed by atoms with E-state index in [1.807, 2.05) is 21.4 Å². The second kappa shape index (κ2) is 7.73. The van der Waals surface area contributed by atoms with Crippen LogP contribution in [-0.4, -0.2) is 62.6 Å². The van der Waals surface area contributed by atoms with Gasteiger partial charge in [0.15, 0.2) is 0 Å². The molecule has 0 bridgehead atoms. The normalized spacial score (nSPS) is 22.8. The van der Waals surface area contributed by atoms with Gasteiger partial charge >= 0.3 is 0 Å². The minimum absolute atomic E-state index is 0.0274. The molecule has 2 amide bonds. The molecule has 8 heteroatoms. The molecule has 1 aromatic carbocycles. The summed E-state index contributed by atoms with van der Waals surface area (Å²) >= 11 is 0. The van der Waals surface area contributed by atoms with Crippen LogP contribution in [0.3, 0.4) is 0 Å². The van der Waals surface area contributed by atoms with Gasteiger partial charge in [-0.3, -0.25) is 9.59 Å². The van der Waals surface area contributed by atoms with Gasteiger partial charge in [0.2, 0.25) is 11.8 Å². The minimum atomic E-state index is -0.319. The number of likely N-dealkylation sites (tertiary alicyclic amines) is 2. The van der Waals surface area contributed by atoms with Crippen molar-refractivity contribution in [2.45, 2.75) is 38.0 Å². The minimum Gasteiger partial charge on any atom is -0.342 e. The van der Waals surface area contributed by atoms with Gasteiger partial charge in [0, 0.05) is 50.5 Å². The highest BCUT2D eigenvalue weighted by Gasteiger charge is 2.53. The fourth-order valence-corrected chi connectivity index (χ4v) is 5.33. The summed E-state index contributed by atoms with van der Waals surface area (Å²) in [5, 5.41) is 8.45. The third-order valence-corrected chi connectivity index (χ3v) is 7.30. The topological polar surface area (TPSA) is 71.3 Å². The average molecular weight is 426 g/mol. The van der Waals surface area contributed by atoms with Crippen LogP contribution in [-0.2, 0) is 23.1 Å². The van der Waals surface area contributed by atoms with Crippen molar-refractivity contribution in [2.75, 3.05) is 26.2 Å². The molecule has 2 aromatic rings. The SMILES string of the molecule is Cn1cnnc1C1CN(C(=O)C2CC2)CC12CCN(C(=O)Cc1cccc(F)c1)CC2. The Bertz CT molecular complexity index is 993. The van der Waals surface area contributed by atoms with Gasteiger partial charge in [-0.15, -0.1) is 10.2 Å². The van der Waals surface area contributed by atoms with Crippen molar-refractivity contribution >= 4 is 11.8 Å². The van der Waals surface area contributed by atoms with Crippen LogP contribution in [0.5, 0.6) is 0 Å². The highest BCUT2D eigenvalue weighted by molar-refractivity contribution is 5.81. The van der Waals surface area contributed by atoms with Crippen molar-refractivity contribution in [3.05, 3.63) is 47.8 Å². The Kier molecular flexibility index (Phi) is 5.02. The molecular formula is C23H28FN5O2. The zero-order valence-corrected chi connectivity index (χ0v) is 17.8. The Morgan fingerprint density at radius 2 is 1.97 bits per heavy atom. The van der Waals surface area contributed by atoms with E-state index in [-0.39, 0.29) is 41.3 Å². The monoisotopic (exact) mass is 425 g/mol. The number of carbonyl (C=O) groups excluding carboxylic acids is 2. The third kappa shape index (κ3) is 3.83. The molecule has 31 heavy (non-hydrogen) atoms. The fourth-order valence-electron chi connectivity index (χ4n) is 5.33. The van der Waals surface area contributed by atoms with Gasteiger partial charge in [-0.1, -0.05) is 12.1 Å². The van der Waals surface area contributed by atoms with Crippen molar-refractivity contribution in [3.63, 3.8) is 0 Å². The largest absolute Gasteiger partial charge is 0.342 e. The lowest BCUT2D eigenvalue weighted by atomic mass is 9.70. The van der Waals surface area contributed by atoms with Gasteiger partial charge in [0.05, 0.1) is 6.42 Å². The predicted octanol–water partition coefficient (Wildman–Crippen LogP) is 2.14. The number of piperidine rings is 1. The Morgan fingerprint density at radius 1 is 1.19 bits per heavy atom. The lowest BCUT2D eigenvalue weighted by Crippen LogP contribution is -2.47. The number of hydrogen-bond donors (Lipinski definition) is 0. The molecule has 0 radical (unpaired) electrons. The van der Waals surface area contributed by atoms with Gasteiger partial charge in [0.25, 0.3) is 0 Å². The molecule has 1 spiro atoms. The molecule has 2 saturated heterocycles. The lowest BCUT2D eigenvalue weighted by Gasteiger charge is -2.42. The van der Waals surface area contributed by atoms with Gasteiger partial charge in [-0.2, -0.15) is 0 Å². The van der Waals surface area contributed by atoms with E-state index < -0.39 is 0 Å². The number of rotatable bonds is 4. The third-order valence-electron chi connectivity index (χ3n) is 7.30. The number of halogens is 1. The number of benzene rings is 1. The number of nitrogens with zero attached hydrogens (tertiary/aromatic N) is 5. The summed E-state index contributed by atoms with van der Waals surface area (Å²) in [5.41, 5.74) is 0.616. The number of aryl methyl sites for hydroxylation is 1. The van der Waals surface area contributed by atoms with E-state index in [0.717, 1.165) is 38.1 Å². The van der Waals surface area contributed by atoms with E-state index in [1.165, 1.54) is 12.1 Å². The molecule has 7 nitrogen and oxygen atoms in total. The summed E-state index contributed by atoms with van der Waals surface area (Å²) in [7, 11) is 1.95. The maximum atomic E-state index is 13.5. The smallest absolute Gasteiger partial charge is 0.226 e. The zero-order valence-electron chi connectivity index (χ0n) is 17.8. The molecule has 3 fully saturated rings. The van der Waals surface area contributed by atoms with Gasteiger partial charge < -0.3 is 14.4 Å². The van der Waals surface area contributed by atoms with Crippen LogP contribution < -0.4 is 0 Å². The molecule has 164 valence electrons. The van der Waals surface area contributed by atoms with E-state index in [1.54, 1.807) is 18.5 Å². The van der Waals surface area contributed by atoms with Crippen LogP contribution in [0, 0.1) is 17.2 Å². The van der Waals surface area contributed by atoms with Crippen LogP contribution in [0.2, 0.25) is 0 Å². The van der Waals surface area contributed by atoms with Gasteiger partial charge in [-0.25, -0.2) is 4.39 Å². The summed E-state index contributed by atoms with van der Waals surface area (Å²) in [4.78, 5) is 29.6. The van der Waals surface area contributed by atoms with Crippen LogP contribution in [0.1, 0.15) is 43.0 Å². The van der Waals surface area contributed by atoms with Crippen molar-refractivity contribution in [2.24, 2.45) is 18.4 Å². The lowest BCUT2D eigenvalue weighted by molar-refractivity contribution is -0.134. The maximum absolute atomic E-state index is 13.5. The number of aromatic nitrogens is 3. The molecule has 1 saturated carbocycles. The average Bonchev–Trinajstić information content (AvgIpc) is 3.43. The van der Waals surface area contributed by atoms with Crippen LogP contribution in [0.4, 0.5) is 4.39 Å². The number of amides is 2. The van der Waals surface area contributed by atoms with Crippen LogP contribution >= 0.6 is 0 Å². The van der Waals surface area contributed by atoms with E-state index in [4.69, 9.17) is 0 Å². The van der Waals surface area contributed by atoms with Crippen molar-refractivity contribution in [3.8, 4) is 0 Å². The standard InChI is InChI=1S/C23H28FN5O2/c1-27-15-25-26-21(27)19-13-29(22(31)17-5-6-17)14-23(19)7-9-28(10-8-23)20(30)12-16-3-2-4-18(24)11-16/h2-4,11,15,17,19H,5-10,12-14H2,1H3. The molecule has 1 unspecified atom stereocenters. The second-order valence-corrected chi connectivity index (χ2v) is 9.40. The molecule has 1 aliphatic carbocycles. The fraction of sp³-hybridized carbons (Fsp3) is 0.565. The Hall–Kier alpha value is -2.77. The van der Waals surface area contributed by atoms with E-state index >= 15 is 0 Å². The molecular weight excluding hydrogens is 397 g/mol. The van der Waals surface area contributed by atoms with Crippen molar-refractivity contribution < 1.29 is 14.0 Å². The molecule has 0 N–H and O–H groups in total. The first-order valence-electron chi connectivity index (χ1n) is 11.1. The summed E-state index contributed by atoms with van der Waals surface area (Å²) in [5.74, 6) is 1.23. The maximum Gasteiger partial charge on any atom is 0.226 e.